The van der Waals surface area contributed by atoms with Crippen molar-refractivity contribution in [1.82, 2.24) is 0 Å². The van der Waals surface area contributed by atoms with Crippen LogP contribution < -0.4 is 0 Å². The van der Waals surface area contributed by atoms with Gasteiger partial charge in [-0.2, -0.15) is 21.6 Å². The number of aliphatic hydroxyl groups is 1. The topological polar surface area (TPSA) is 63.6 Å². The number of aliphatic hydroxyl groups excluding tert-OH is 1. The molecule has 8 heteroatoms. The molecule has 0 unspecified atom stereocenters. The number of halogens is 3. The third-order valence-corrected chi connectivity index (χ3v) is 2.65. The maximum Gasteiger partial charge on any atom is 0.534 e. The molecule has 0 aliphatic heterocycles. The molecule has 0 aromatic rings. The van der Waals surface area contributed by atoms with Gasteiger partial charge in [-0.05, 0) is 12.8 Å². The van der Waals surface area contributed by atoms with Gasteiger partial charge in [-0.25, -0.2) is 0 Å². The van der Waals surface area contributed by atoms with Gasteiger partial charge >= 0.3 is 15.6 Å². The summed E-state index contributed by atoms with van der Waals surface area (Å²) >= 11 is 0. The van der Waals surface area contributed by atoms with Crippen LogP contribution in [0.4, 0.5) is 13.2 Å². The van der Waals surface area contributed by atoms with E-state index in [4.69, 9.17) is 5.11 Å². The average molecular weight is 262 g/mol. The number of hydrogen-bond donors (Lipinski definition) is 1. The van der Waals surface area contributed by atoms with E-state index < -0.39 is 21.4 Å². The normalized spacial score (nSPS) is 12.5. The first-order valence-electron chi connectivity index (χ1n) is 4.50. The zero-order valence-corrected chi connectivity index (χ0v) is 9.27. The number of hydrogen-bond acceptors (Lipinski definition) is 4. The first-order chi connectivity index (χ1) is 7.20. The lowest BCUT2D eigenvalue weighted by Gasteiger charge is -2.10. The van der Waals surface area contributed by atoms with Crippen molar-refractivity contribution in [2.75, 3.05) is 6.61 Å². The highest BCUT2D eigenvalue weighted by Crippen LogP contribution is 2.27. The van der Waals surface area contributed by atoms with E-state index in [1.807, 2.05) is 0 Å². The molecule has 96 valence electrons. The number of unbranched alkanes of at least 4 members (excludes halogenated alkanes) is 2. The van der Waals surface area contributed by atoms with Gasteiger partial charge in [0.25, 0.3) is 0 Å². The second kappa shape index (κ2) is 6.09. The van der Waals surface area contributed by atoms with Gasteiger partial charge < -0.3 is 9.29 Å². The minimum Gasteiger partial charge on any atom is -0.396 e. The Morgan fingerprint density at radius 1 is 1.25 bits per heavy atom. The van der Waals surface area contributed by atoms with E-state index in [1.165, 1.54) is 0 Å². The molecule has 0 bridgehead atoms. The fourth-order valence-electron chi connectivity index (χ4n) is 0.855. The van der Waals surface area contributed by atoms with Crippen molar-refractivity contribution in [1.29, 1.82) is 0 Å². The van der Waals surface area contributed by atoms with E-state index in [1.54, 1.807) is 0 Å². The molecule has 16 heavy (non-hydrogen) atoms. The minimum atomic E-state index is -5.59. The first kappa shape index (κ1) is 15.2. The molecule has 0 heterocycles. The molecular formula is C8H13F3O4S. The molecule has 0 spiro atoms. The predicted octanol–water partition coefficient (Wildman–Crippen LogP) is 1.92. The average Bonchev–Trinajstić information content (AvgIpc) is 2.10. The Morgan fingerprint density at radius 2 is 1.81 bits per heavy atom. The number of allylic oxidation sites excluding steroid dienone is 1. The fraction of sp³-hybridized carbons (Fsp3) is 0.750. The van der Waals surface area contributed by atoms with Gasteiger partial charge in [-0.1, -0.05) is 13.0 Å². The van der Waals surface area contributed by atoms with Crippen LogP contribution in [-0.2, 0) is 14.3 Å². The Kier molecular flexibility index (Phi) is 5.80. The van der Waals surface area contributed by atoms with E-state index in [0.717, 1.165) is 0 Å². The van der Waals surface area contributed by atoms with Crippen molar-refractivity contribution < 1.29 is 30.9 Å². The third kappa shape index (κ3) is 5.36. The number of rotatable bonds is 7. The van der Waals surface area contributed by atoms with Gasteiger partial charge in [-0.15, -0.1) is 0 Å². The van der Waals surface area contributed by atoms with Crippen molar-refractivity contribution in [3.05, 3.63) is 12.3 Å². The highest BCUT2D eigenvalue weighted by molar-refractivity contribution is 7.87. The van der Waals surface area contributed by atoms with Crippen molar-refractivity contribution in [2.24, 2.45) is 0 Å². The Labute approximate surface area is 91.8 Å². The lowest BCUT2D eigenvalue weighted by atomic mass is 10.2. The van der Waals surface area contributed by atoms with Crippen LogP contribution in [0, 0.1) is 0 Å². The van der Waals surface area contributed by atoms with Gasteiger partial charge in [0.1, 0.15) is 5.76 Å². The van der Waals surface area contributed by atoms with Gasteiger partial charge in [0.15, 0.2) is 0 Å². The van der Waals surface area contributed by atoms with Crippen LogP contribution in [0.25, 0.3) is 0 Å². The summed E-state index contributed by atoms with van der Waals surface area (Å²) in [5, 5.41) is 8.43. The zero-order chi connectivity index (χ0) is 12.8. The monoisotopic (exact) mass is 262 g/mol. The molecule has 0 saturated carbocycles. The van der Waals surface area contributed by atoms with E-state index in [-0.39, 0.29) is 13.0 Å². The van der Waals surface area contributed by atoms with Crippen molar-refractivity contribution in [3.63, 3.8) is 0 Å². The molecule has 0 radical (unpaired) electrons. The van der Waals surface area contributed by atoms with Gasteiger partial charge in [0.05, 0.1) is 0 Å². The summed E-state index contributed by atoms with van der Waals surface area (Å²) in [7, 11) is -5.59. The molecule has 0 aliphatic carbocycles. The Balaban J connectivity index is 4.07. The molecular weight excluding hydrogens is 249 g/mol. The summed E-state index contributed by atoms with van der Waals surface area (Å²) in [4.78, 5) is 0. The molecule has 0 aliphatic rings. The van der Waals surface area contributed by atoms with E-state index >= 15 is 0 Å². The molecule has 0 fully saturated rings. The minimum absolute atomic E-state index is 0.00924. The largest absolute Gasteiger partial charge is 0.534 e. The zero-order valence-electron chi connectivity index (χ0n) is 8.46. The van der Waals surface area contributed by atoms with Gasteiger partial charge in [-0.3, -0.25) is 0 Å². The summed E-state index contributed by atoms with van der Waals surface area (Å²) < 4.78 is 60.3. The Hall–Kier alpha value is -0.760. The van der Waals surface area contributed by atoms with Crippen LogP contribution in [0.1, 0.15) is 25.7 Å². The lowest BCUT2D eigenvalue weighted by molar-refractivity contribution is -0.0523. The molecule has 0 rings (SSSR count). The number of alkyl halides is 3. The van der Waals surface area contributed by atoms with Gasteiger partial charge in [0.2, 0.25) is 0 Å². The maximum atomic E-state index is 11.8. The second-order valence-electron chi connectivity index (χ2n) is 3.06. The van der Waals surface area contributed by atoms with Crippen LogP contribution in [-0.4, -0.2) is 25.6 Å². The first-order valence-corrected chi connectivity index (χ1v) is 5.91. The molecule has 0 saturated heterocycles. The summed E-state index contributed by atoms with van der Waals surface area (Å²) in [6.07, 6.45) is 1.48. The third-order valence-electron chi connectivity index (χ3n) is 1.62. The highest BCUT2D eigenvalue weighted by atomic mass is 32.2. The lowest BCUT2D eigenvalue weighted by Crippen LogP contribution is -2.25. The predicted molar refractivity (Wildman–Crippen MR) is 50.8 cm³/mol. The van der Waals surface area contributed by atoms with Gasteiger partial charge in [0, 0.05) is 13.0 Å². The Bertz CT molecular complexity index is 321. The van der Waals surface area contributed by atoms with E-state index in [2.05, 4.69) is 10.8 Å². The molecule has 0 aromatic heterocycles. The quantitative estimate of drug-likeness (QED) is 0.329. The fourth-order valence-corrected chi connectivity index (χ4v) is 1.34. The highest BCUT2D eigenvalue weighted by Gasteiger charge is 2.48. The van der Waals surface area contributed by atoms with E-state index in [0.29, 0.717) is 19.3 Å². The van der Waals surface area contributed by atoms with Crippen molar-refractivity contribution in [2.45, 2.75) is 31.2 Å². The molecule has 0 amide bonds. The Morgan fingerprint density at radius 3 is 2.25 bits per heavy atom. The summed E-state index contributed by atoms with van der Waals surface area (Å²) in [5.74, 6) is -0.449. The molecule has 4 nitrogen and oxygen atoms in total. The molecule has 0 atom stereocenters. The summed E-state index contributed by atoms with van der Waals surface area (Å²) in [6.45, 7) is 3.07. The van der Waals surface area contributed by atoms with Crippen LogP contribution in [0.5, 0.6) is 0 Å². The van der Waals surface area contributed by atoms with Crippen LogP contribution in [0.15, 0.2) is 12.3 Å². The van der Waals surface area contributed by atoms with Crippen molar-refractivity contribution in [3.8, 4) is 0 Å². The second-order valence-corrected chi connectivity index (χ2v) is 4.59. The standard InChI is InChI=1S/C8H13F3O4S/c1-7(5-3-2-4-6-12)15-16(13,14)8(9,10)11/h12H,1-6H2. The molecule has 0 aromatic carbocycles. The maximum absolute atomic E-state index is 11.8. The smallest absolute Gasteiger partial charge is 0.396 e. The van der Waals surface area contributed by atoms with Crippen LogP contribution in [0.3, 0.4) is 0 Å². The SMILES string of the molecule is C=C(CCCCCO)OS(=O)(=O)C(F)(F)F. The molecule has 1 N–H and O–H groups in total. The van der Waals surface area contributed by atoms with Crippen LogP contribution >= 0.6 is 0 Å². The van der Waals surface area contributed by atoms with Crippen LogP contribution in [0.2, 0.25) is 0 Å². The van der Waals surface area contributed by atoms with E-state index in [9.17, 15) is 21.6 Å². The summed E-state index contributed by atoms with van der Waals surface area (Å²) in [5.41, 5.74) is -5.43. The van der Waals surface area contributed by atoms with Crippen molar-refractivity contribution >= 4 is 10.1 Å². The summed E-state index contributed by atoms with van der Waals surface area (Å²) in [6, 6.07) is 0.